The van der Waals surface area contributed by atoms with E-state index in [1.807, 2.05) is 17.8 Å². The number of rotatable bonds is 6. The molecular weight excluding hydrogens is 404 g/mol. The fraction of sp³-hybridized carbons (Fsp3) is 0.458. The maximum Gasteiger partial charge on any atom is 0.251 e. The van der Waals surface area contributed by atoms with E-state index in [0.717, 1.165) is 48.2 Å². The Morgan fingerprint density at radius 2 is 2.09 bits per heavy atom. The van der Waals surface area contributed by atoms with Crippen LogP contribution in [0, 0.1) is 0 Å². The van der Waals surface area contributed by atoms with Crippen LogP contribution in [0.3, 0.4) is 0 Å². The van der Waals surface area contributed by atoms with Crippen LogP contribution in [0.25, 0.3) is 10.9 Å². The van der Waals surface area contributed by atoms with E-state index in [4.69, 9.17) is 4.99 Å². The summed E-state index contributed by atoms with van der Waals surface area (Å²) in [6.07, 6.45) is 6.56. The number of H-pyrrole nitrogens is 1. The van der Waals surface area contributed by atoms with Gasteiger partial charge in [-0.05, 0) is 51.3 Å². The average molecular weight is 437 g/mol. The van der Waals surface area contributed by atoms with Crippen LogP contribution in [0.5, 0.6) is 5.88 Å². The van der Waals surface area contributed by atoms with Crippen LogP contribution in [0.1, 0.15) is 62.0 Å². The first-order valence-corrected chi connectivity index (χ1v) is 11.3. The zero-order valence-corrected chi connectivity index (χ0v) is 19.2. The first kappa shape index (κ1) is 22.1. The fourth-order valence-electron chi connectivity index (χ4n) is 4.48. The number of hydrogen-bond acceptors (Lipinski definition) is 5. The molecular formula is C24H32N6O2. The van der Waals surface area contributed by atoms with Crippen molar-refractivity contribution >= 4 is 28.2 Å². The van der Waals surface area contributed by atoms with Gasteiger partial charge in [-0.3, -0.25) is 9.48 Å². The lowest BCUT2D eigenvalue weighted by Gasteiger charge is -2.34. The topological polar surface area (TPSA) is 98.5 Å². The highest BCUT2D eigenvalue weighted by atomic mass is 16.3. The molecule has 32 heavy (non-hydrogen) atoms. The quantitative estimate of drug-likeness (QED) is 0.509. The molecule has 8 nitrogen and oxygen atoms in total. The zero-order chi connectivity index (χ0) is 22.8. The van der Waals surface area contributed by atoms with Crippen LogP contribution in [0.2, 0.25) is 0 Å². The lowest BCUT2D eigenvalue weighted by Crippen LogP contribution is -2.39. The van der Waals surface area contributed by atoms with Crippen molar-refractivity contribution in [2.45, 2.75) is 52.1 Å². The smallest absolute Gasteiger partial charge is 0.251 e. The number of piperidine rings is 1. The van der Waals surface area contributed by atoms with Crippen LogP contribution in [0.15, 0.2) is 35.6 Å². The SMILES string of the molecule is CCC(=Nc1cnn(C2CCN(C(C)C)CC2)c1)c1c(O)[nH]c2ccc(C(=O)NC)cc12. The normalized spacial score (nSPS) is 16.2. The van der Waals surface area contributed by atoms with Crippen molar-refractivity contribution in [2.75, 3.05) is 20.1 Å². The Morgan fingerprint density at radius 1 is 1.34 bits per heavy atom. The number of nitrogens with zero attached hydrogens (tertiary/aromatic N) is 4. The summed E-state index contributed by atoms with van der Waals surface area (Å²) >= 11 is 0. The van der Waals surface area contributed by atoms with Crippen LogP contribution in [-0.4, -0.2) is 62.6 Å². The highest BCUT2D eigenvalue weighted by molar-refractivity contribution is 6.14. The minimum atomic E-state index is -0.168. The Hall–Kier alpha value is -3.13. The molecule has 1 aliphatic rings. The monoisotopic (exact) mass is 436 g/mol. The zero-order valence-electron chi connectivity index (χ0n) is 19.2. The molecule has 0 aliphatic carbocycles. The average Bonchev–Trinajstić information content (AvgIpc) is 3.40. The summed E-state index contributed by atoms with van der Waals surface area (Å²) in [7, 11) is 1.60. The van der Waals surface area contributed by atoms with Crippen LogP contribution < -0.4 is 5.32 Å². The summed E-state index contributed by atoms with van der Waals surface area (Å²) in [6, 6.07) is 6.29. The van der Waals surface area contributed by atoms with E-state index >= 15 is 0 Å². The molecule has 3 aromatic rings. The van der Waals surface area contributed by atoms with Gasteiger partial charge >= 0.3 is 0 Å². The molecule has 0 saturated carbocycles. The maximum atomic E-state index is 12.1. The van der Waals surface area contributed by atoms with Crippen LogP contribution in [0.4, 0.5) is 5.69 Å². The maximum absolute atomic E-state index is 12.1. The van der Waals surface area contributed by atoms with Crippen molar-refractivity contribution in [3.8, 4) is 5.88 Å². The molecule has 0 radical (unpaired) electrons. The highest BCUT2D eigenvalue weighted by Crippen LogP contribution is 2.31. The molecule has 1 amide bonds. The summed E-state index contributed by atoms with van der Waals surface area (Å²) < 4.78 is 2.03. The van der Waals surface area contributed by atoms with Gasteiger partial charge in [-0.15, -0.1) is 0 Å². The molecule has 0 bridgehead atoms. The Balaban J connectivity index is 1.62. The largest absolute Gasteiger partial charge is 0.494 e. The first-order valence-electron chi connectivity index (χ1n) is 11.3. The van der Waals surface area contributed by atoms with Gasteiger partial charge in [-0.1, -0.05) is 6.92 Å². The summed E-state index contributed by atoms with van der Waals surface area (Å²) in [4.78, 5) is 22.4. The molecule has 0 unspecified atom stereocenters. The van der Waals surface area contributed by atoms with Crippen molar-refractivity contribution in [1.82, 2.24) is 25.0 Å². The Kier molecular flexibility index (Phi) is 6.32. The number of likely N-dealkylation sites (tertiary alicyclic amines) is 1. The van der Waals surface area contributed by atoms with Gasteiger partial charge in [0, 0.05) is 42.6 Å². The number of hydrogen-bond donors (Lipinski definition) is 3. The predicted octanol–water partition coefficient (Wildman–Crippen LogP) is 4.01. The third-order valence-electron chi connectivity index (χ3n) is 6.35. The fourth-order valence-corrected chi connectivity index (χ4v) is 4.48. The number of aliphatic imine (C=N–C) groups is 1. The Labute approximate surface area is 188 Å². The molecule has 0 atom stereocenters. The molecule has 3 N–H and O–H groups in total. The van der Waals surface area contributed by atoms with E-state index in [1.165, 1.54) is 0 Å². The number of carbonyl (C=O) groups is 1. The van der Waals surface area contributed by atoms with Gasteiger partial charge in [0.1, 0.15) is 5.69 Å². The van der Waals surface area contributed by atoms with E-state index in [-0.39, 0.29) is 11.8 Å². The van der Waals surface area contributed by atoms with Gasteiger partial charge in [0.15, 0.2) is 5.88 Å². The van der Waals surface area contributed by atoms with E-state index in [2.05, 4.69) is 34.1 Å². The van der Waals surface area contributed by atoms with E-state index in [9.17, 15) is 9.90 Å². The Morgan fingerprint density at radius 3 is 2.75 bits per heavy atom. The highest BCUT2D eigenvalue weighted by Gasteiger charge is 2.23. The number of benzene rings is 1. The molecule has 1 aromatic carbocycles. The van der Waals surface area contributed by atoms with Gasteiger partial charge in [-0.2, -0.15) is 5.10 Å². The van der Waals surface area contributed by atoms with Crippen molar-refractivity contribution in [1.29, 1.82) is 0 Å². The second kappa shape index (κ2) is 9.16. The van der Waals surface area contributed by atoms with Gasteiger partial charge in [-0.25, -0.2) is 4.99 Å². The number of aromatic nitrogens is 3. The van der Waals surface area contributed by atoms with Crippen molar-refractivity contribution in [2.24, 2.45) is 4.99 Å². The van der Waals surface area contributed by atoms with E-state index < -0.39 is 0 Å². The van der Waals surface area contributed by atoms with E-state index in [1.54, 1.807) is 31.4 Å². The molecule has 1 aliphatic heterocycles. The lowest BCUT2D eigenvalue weighted by atomic mass is 10.0. The van der Waals surface area contributed by atoms with E-state index in [0.29, 0.717) is 29.6 Å². The molecule has 8 heteroatoms. The molecule has 1 saturated heterocycles. The number of nitrogens with one attached hydrogen (secondary N) is 2. The third kappa shape index (κ3) is 4.27. The minimum absolute atomic E-state index is 0.0584. The van der Waals surface area contributed by atoms with Crippen molar-refractivity contribution < 1.29 is 9.90 Å². The van der Waals surface area contributed by atoms with Gasteiger partial charge in [0.2, 0.25) is 0 Å². The van der Waals surface area contributed by atoms with Gasteiger partial charge in [0.05, 0.1) is 29.7 Å². The number of amides is 1. The summed E-state index contributed by atoms with van der Waals surface area (Å²) in [6.45, 7) is 8.65. The molecule has 170 valence electrons. The lowest BCUT2D eigenvalue weighted by molar-refractivity contribution is 0.0963. The van der Waals surface area contributed by atoms with Gasteiger partial charge in [0.25, 0.3) is 5.91 Å². The summed E-state index contributed by atoms with van der Waals surface area (Å²) in [5.74, 6) is -0.110. The Bertz CT molecular complexity index is 1130. The number of aromatic hydroxyl groups is 1. The second-order valence-electron chi connectivity index (χ2n) is 8.64. The third-order valence-corrected chi connectivity index (χ3v) is 6.35. The second-order valence-corrected chi connectivity index (χ2v) is 8.64. The molecule has 0 spiro atoms. The van der Waals surface area contributed by atoms with Crippen LogP contribution in [-0.2, 0) is 0 Å². The van der Waals surface area contributed by atoms with Gasteiger partial charge < -0.3 is 20.3 Å². The molecule has 4 rings (SSSR count). The summed E-state index contributed by atoms with van der Waals surface area (Å²) in [5.41, 5.74) is 3.45. The standard InChI is InChI=1S/C24H32N6O2/c1-5-20(22-19-12-16(23(31)25-4)6-7-21(19)28-24(22)32)27-17-13-26-30(14-17)18-8-10-29(11-9-18)15(2)3/h6-7,12-15,18,28,32H,5,8-11H2,1-4H3,(H,25,31). The number of carbonyl (C=O) groups excluding carboxylic acids is 1. The number of aromatic amines is 1. The first-order chi connectivity index (χ1) is 15.4. The van der Waals surface area contributed by atoms with Crippen LogP contribution >= 0.6 is 0 Å². The predicted molar refractivity (Wildman–Crippen MR) is 127 cm³/mol. The number of fused-ring (bicyclic) bond motifs is 1. The molecule has 3 heterocycles. The molecule has 2 aromatic heterocycles. The molecule has 1 fully saturated rings. The van der Waals surface area contributed by atoms with Crippen molar-refractivity contribution in [3.63, 3.8) is 0 Å². The minimum Gasteiger partial charge on any atom is -0.494 e. The summed E-state index contributed by atoms with van der Waals surface area (Å²) in [5, 5.41) is 18.6. The van der Waals surface area contributed by atoms with Crippen molar-refractivity contribution in [3.05, 3.63) is 41.7 Å².